The quantitative estimate of drug-likeness (QED) is 0.398. The number of hydrogen-bond donors (Lipinski definition) is 0. The normalized spacial score (nSPS) is 9.92. The fraction of sp³-hybridized carbons (Fsp3) is 0.200. The van der Waals surface area contributed by atoms with E-state index in [1.165, 1.54) is 12.5 Å². The predicted octanol–water partition coefficient (Wildman–Crippen LogP) is 4.92. The molecule has 0 amide bonds. The van der Waals surface area contributed by atoms with Gasteiger partial charge in [0.1, 0.15) is 37.9 Å². The summed E-state index contributed by atoms with van der Waals surface area (Å²) in [5.74, 6) is 1.64. The van der Waals surface area contributed by atoms with Gasteiger partial charge in [0.05, 0.1) is 12.5 Å². The second kappa shape index (κ2) is 11.1. The van der Waals surface area contributed by atoms with E-state index in [4.69, 9.17) is 18.9 Å². The van der Waals surface area contributed by atoms with Crippen LogP contribution in [0.4, 0.5) is 0 Å². The van der Waals surface area contributed by atoms with Crippen LogP contribution in [0, 0.1) is 0 Å². The molecule has 0 saturated heterocycles. The zero-order chi connectivity index (χ0) is 17.7. The Morgan fingerprint density at radius 3 is 1.40 bits per heavy atom. The van der Waals surface area contributed by atoms with Crippen LogP contribution in [0.1, 0.15) is 0 Å². The maximum Gasteiger partial charge on any atom is 0.122 e. The van der Waals surface area contributed by atoms with Gasteiger partial charge in [-0.15, -0.1) is 0 Å². The fourth-order valence-electron chi connectivity index (χ4n) is 1.93. The molecule has 4 nitrogen and oxygen atoms in total. The van der Waals surface area contributed by atoms with E-state index in [0.29, 0.717) is 26.4 Å². The summed E-state index contributed by atoms with van der Waals surface area (Å²) in [6.07, 6.45) is 2.82. The zero-order valence-corrected chi connectivity index (χ0v) is 14.9. The molecule has 0 unspecified atom stereocenters. The van der Waals surface area contributed by atoms with Crippen molar-refractivity contribution >= 4 is 11.8 Å². The minimum Gasteiger partial charge on any atom is -0.498 e. The third-order valence-electron chi connectivity index (χ3n) is 3.06. The summed E-state index contributed by atoms with van der Waals surface area (Å²) in [7, 11) is 0. The maximum atomic E-state index is 5.57. The lowest BCUT2D eigenvalue weighted by Crippen LogP contribution is -2.03. The number of benzene rings is 2. The first-order valence-corrected chi connectivity index (χ1v) is 8.72. The molecule has 0 aromatic heterocycles. The van der Waals surface area contributed by atoms with Crippen molar-refractivity contribution in [3.63, 3.8) is 0 Å². The van der Waals surface area contributed by atoms with Crippen LogP contribution in [-0.4, -0.2) is 26.4 Å². The van der Waals surface area contributed by atoms with Crippen LogP contribution >= 0.6 is 11.8 Å². The molecule has 5 heteroatoms. The Morgan fingerprint density at radius 2 is 1.04 bits per heavy atom. The number of rotatable bonds is 12. The van der Waals surface area contributed by atoms with Gasteiger partial charge in [0.25, 0.3) is 0 Å². The second-order valence-corrected chi connectivity index (χ2v) is 5.96. The molecule has 0 spiro atoms. The fourth-order valence-corrected chi connectivity index (χ4v) is 2.74. The summed E-state index contributed by atoms with van der Waals surface area (Å²) in [5.41, 5.74) is 0. The molecule has 0 N–H and O–H groups in total. The van der Waals surface area contributed by atoms with Gasteiger partial charge in [0, 0.05) is 9.79 Å². The topological polar surface area (TPSA) is 36.9 Å². The Labute approximate surface area is 153 Å². The Morgan fingerprint density at radius 1 is 0.640 bits per heavy atom. The van der Waals surface area contributed by atoms with Crippen molar-refractivity contribution in [3.05, 3.63) is 74.2 Å². The summed E-state index contributed by atoms with van der Waals surface area (Å²) in [6.45, 7) is 8.96. The van der Waals surface area contributed by atoms with Gasteiger partial charge in [-0.2, -0.15) is 0 Å². The molecule has 132 valence electrons. The Bertz CT molecular complexity index is 580. The van der Waals surface area contributed by atoms with Gasteiger partial charge in [0.15, 0.2) is 0 Å². The lowest BCUT2D eigenvalue weighted by molar-refractivity contribution is 0.179. The minimum atomic E-state index is 0.494. The van der Waals surface area contributed by atoms with Crippen molar-refractivity contribution < 1.29 is 18.9 Å². The molecule has 2 aromatic carbocycles. The highest BCUT2D eigenvalue weighted by Gasteiger charge is 2.00. The smallest absolute Gasteiger partial charge is 0.122 e. The molecular weight excluding hydrogens is 336 g/mol. The Kier molecular flexibility index (Phi) is 8.35. The molecule has 0 heterocycles. The minimum absolute atomic E-state index is 0.494. The molecular formula is C20H22O4S. The summed E-state index contributed by atoms with van der Waals surface area (Å²) in [5, 5.41) is 0. The van der Waals surface area contributed by atoms with E-state index in [1.807, 2.05) is 48.5 Å². The highest BCUT2D eigenvalue weighted by atomic mass is 32.2. The molecule has 2 aromatic rings. The van der Waals surface area contributed by atoms with Crippen molar-refractivity contribution in [2.24, 2.45) is 0 Å². The van der Waals surface area contributed by atoms with Crippen LogP contribution < -0.4 is 9.47 Å². The lowest BCUT2D eigenvalue weighted by Gasteiger charge is -2.08. The lowest BCUT2D eigenvalue weighted by atomic mass is 10.3. The van der Waals surface area contributed by atoms with Gasteiger partial charge in [-0.25, -0.2) is 0 Å². The van der Waals surface area contributed by atoms with E-state index < -0.39 is 0 Å². The number of ether oxygens (including phenoxy) is 4. The Balaban J connectivity index is 1.79. The molecule has 0 aliphatic rings. The average Bonchev–Trinajstić information content (AvgIpc) is 2.65. The molecule has 0 saturated carbocycles. The van der Waals surface area contributed by atoms with E-state index in [2.05, 4.69) is 13.2 Å². The van der Waals surface area contributed by atoms with Crippen LogP contribution in [0.15, 0.2) is 84.0 Å². The summed E-state index contributed by atoms with van der Waals surface area (Å²) in [4.78, 5) is 2.28. The van der Waals surface area contributed by atoms with E-state index >= 15 is 0 Å². The van der Waals surface area contributed by atoms with Crippen LogP contribution in [0.5, 0.6) is 11.5 Å². The zero-order valence-electron chi connectivity index (χ0n) is 14.1. The first-order valence-electron chi connectivity index (χ1n) is 7.90. The molecule has 0 aliphatic carbocycles. The third kappa shape index (κ3) is 7.27. The highest BCUT2D eigenvalue weighted by Crippen LogP contribution is 2.30. The van der Waals surface area contributed by atoms with Crippen LogP contribution in [0.3, 0.4) is 0 Å². The van der Waals surface area contributed by atoms with E-state index in [1.54, 1.807) is 11.8 Å². The van der Waals surface area contributed by atoms with Crippen molar-refractivity contribution in [2.45, 2.75) is 9.79 Å². The summed E-state index contributed by atoms with van der Waals surface area (Å²) >= 11 is 1.68. The monoisotopic (exact) mass is 358 g/mol. The SMILES string of the molecule is C=COCCOc1ccc(Sc2ccc(OCCOC=C)cc2)cc1. The average molecular weight is 358 g/mol. The van der Waals surface area contributed by atoms with Gasteiger partial charge in [-0.3, -0.25) is 0 Å². The van der Waals surface area contributed by atoms with E-state index in [-0.39, 0.29) is 0 Å². The molecule has 0 radical (unpaired) electrons. The first kappa shape index (κ1) is 18.8. The molecule has 25 heavy (non-hydrogen) atoms. The highest BCUT2D eigenvalue weighted by molar-refractivity contribution is 7.99. The standard InChI is InChI=1S/C20H22O4S/c1-3-21-13-15-23-17-5-9-19(10-6-17)25-20-11-7-18(8-12-20)24-16-14-22-4-2/h3-12H,1-2,13-16H2. The van der Waals surface area contributed by atoms with Gasteiger partial charge in [-0.05, 0) is 48.5 Å². The predicted molar refractivity (Wildman–Crippen MR) is 100 cm³/mol. The summed E-state index contributed by atoms with van der Waals surface area (Å²) < 4.78 is 21.2. The maximum absolute atomic E-state index is 5.57. The molecule has 2 rings (SSSR count). The van der Waals surface area contributed by atoms with Crippen LogP contribution in [0.25, 0.3) is 0 Å². The van der Waals surface area contributed by atoms with E-state index in [9.17, 15) is 0 Å². The van der Waals surface area contributed by atoms with Gasteiger partial charge in [-0.1, -0.05) is 24.9 Å². The van der Waals surface area contributed by atoms with Crippen molar-refractivity contribution in [2.75, 3.05) is 26.4 Å². The van der Waals surface area contributed by atoms with Gasteiger partial charge < -0.3 is 18.9 Å². The molecule has 0 fully saturated rings. The van der Waals surface area contributed by atoms with Crippen LogP contribution in [0.2, 0.25) is 0 Å². The van der Waals surface area contributed by atoms with Crippen molar-refractivity contribution in [1.82, 2.24) is 0 Å². The largest absolute Gasteiger partial charge is 0.498 e. The van der Waals surface area contributed by atoms with Gasteiger partial charge in [0.2, 0.25) is 0 Å². The van der Waals surface area contributed by atoms with E-state index in [0.717, 1.165) is 21.3 Å². The first-order chi connectivity index (χ1) is 12.3. The van der Waals surface area contributed by atoms with Gasteiger partial charge >= 0.3 is 0 Å². The third-order valence-corrected chi connectivity index (χ3v) is 4.07. The molecule has 0 bridgehead atoms. The second-order valence-electron chi connectivity index (χ2n) is 4.82. The molecule has 0 atom stereocenters. The van der Waals surface area contributed by atoms with Crippen LogP contribution in [-0.2, 0) is 9.47 Å². The number of hydrogen-bond acceptors (Lipinski definition) is 5. The Hall–Kier alpha value is -2.53. The van der Waals surface area contributed by atoms with Crippen molar-refractivity contribution in [3.8, 4) is 11.5 Å². The molecule has 0 aliphatic heterocycles. The van der Waals surface area contributed by atoms with Crippen molar-refractivity contribution in [1.29, 1.82) is 0 Å². The summed E-state index contributed by atoms with van der Waals surface area (Å²) in [6, 6.07) is 15.9.